The van der Waals surface area contributed by atoms with Gasteiger partial charge in [0.1, 0.15) is 0 Å². The Morgan fingerprint density at radius 2 is 1.67 bits per heavy atom. The Morgan fingerprint density at radius 1 is 1.17 bits per heavy atom. The van der Waals surface area contributed by atoms with Crippen LogP contribution in [0.15, 0.2) is 0 Å². The quantitative estimate of drug-likeness (QED) is 0.656. The van der Waals surface area contributed by atoms with Crippen LogP contribution in [0.3, 0.4) is 0 Å². The zero-order chi connectivity index (χ0) is 7.14. The minimum atomic E-state index is 0. The summed E-state index contributed by atoms with van der Waals surface area (Å²) in [5, 5.41) is 0. The first kappa shape index (κ1) is 12.5. The number of hydrogen-bond donors (Lipinski definition) is 1. The van der Waals surface area contributed by atoms with Crippen LogP contribution in [-0.2, 0) is 0 Å². The molecular formula is C8H18Cl2N2. The van der Waals surface area contributed by atoms with Gasteiger partial charge in [-0.15, -0.1) is 24.8 Å². The van der Waals surface area contributed by atoms with E-state index in [1.54, 1.807) is 0 Å². The number of halogens is 2. The predicted molar refractivity (Wildman–Crippen MR) is 56.2 cm³/mol. The molecule has 2 nitrogen and oxygen atoms in total. The van der Waals surface area contributed by atoms with Gasteiger partial charge in [0.2, 0.25) is 0 Å². The van der Waals surface area contributed by atoms with Crippen molar-refractivity contribution < 1.29 is 0 Å². The molecule has 3 rings (SSSR count). The Hall–Kier alpha value is 0.500. The molecular weight excluding hydrogens is 195 g/mol. The SMILES string of the molecule is C[C@H]1[C@H](N)C2CCN1CC2.Cl.Cl. The zero-order valence-electron chi connectivity index (χ0n) is 7.40. The lowest BCUT2D eigenvalue weighted by atomic mass is 9.80. The molecule has 0 radical (unpaired) electrons. The van der Waals surface area contributed by atoms with Crippen LogP contribution in [0.2, 0.25) is 0 Å². The molecule has 0 spiro atoms. The predicted octanol–water partition coefficient (Wildman–Crippen LogP) is 1.27. The summed E-state index contributed by atoms with van der Waals surface area (Å²) in [7, 11) is 0. The number of hydrogen-bond acceptors (Lipinski definition) is 2. The molecule has 0 saturated carbocycles. The molecule has 2 N–H and O–H groups in total. The highest BCUT2D eigenvalue weighted by Gasteiger charge is 2.37. The largest absolute Gasteiger partial charge is 0.326 e. The van der Waals surface area contributed by atoms with Crippen molar-refractivity contribution in [3.63, 3.8) is 0 Å². The van der Waals surface area contributed by atoms with E-state index >= 15 is 0 Å². The van der Waals surface area contributed by atoms with Crippen molar-refractivity contribution in [2.45, 2.75) is 31.8 Å². The molecule has 3 saturated heterocycles. The summed E-state index contributed by atoms with van der Waals surface area (Å²) in [6.07, 6.45) is 2.68. The molecule has 2 atom stereocenters. The van der Waals surface area contributed by atoms with Crippen LogP contribution < -0.4 is 5.73 Å². The van der Waals surface area contributed by atoms with E-state index in [2.05, 4.69) is 11.8 Å². The van der Waals surface area contributed by atoms with Crippen molar-refractivity contribution in [1.82, 2.24) is 4.90 Å². The average molecular weight is 213 g/mol. The van der Waals surface area contributed by atoms with Crippen molar-refractivity contribution >= 4 is 24.8 Å². The van der Waals surface area contributed by atoms with Crippen LogP contribution in [-0.4, -0.2) is 30.1 Å². The van der Waals surface area contributed by atoms with Gasteiger partial charge in [-0.3, -0.25) is 4.90 Å². The van der Waals surface area contributed by atoms with Gasteiger partial charge < -0.3 is 5.73 Å². The van der Waals surface area contributed by atoms with E-state index in [0.717, 1.165) is 5.92 Å². The fraction of sp³-hybridized carbons (Fsp3) is 1.00. The maximum Gasteiger partial charge on any atom is 0.0223 e. The van der Waals surface area contributed by atoms with Gasteiger partial charge in [0, 0.05) is 12.1 Å². The molecule has 0 amide bonds. The van der Waals surface area contributed by atoms with Crippen LogP contribution in [0.1, 0.15) is 19.8 Å². The van der Waals surface area contributed by atoms with E-state index in [-0.39, 0.29) is 24.8 Å². The van der Waals surface area contributed by atoms with E-state index < -0.39 is 0 Å². The zero-order valence-corrected chi connectivity index (χ0v) is 9.03. The minimum absolute atomic E-state index is 0. The third-order valence-corrected chi connectivity index (χ3v) is 3.25. The first-order chi connectivity index (χ1) is 4.79. The van der Waals surface area contributed by atoms with Gasteiger partial charge in [-0.05, 0) is 38.8 Å². The molecule has 3 aliphatic heterocycles. The van der Waals surface area contributed by atoms with Crippen LogP contribution in [0, 0.1) is 5.92 Å². The second-order valence-corrected chi connectivity index (χ2v) is 3.69. The highest BCUT2D eigenvalue weighted by molar-refractivity contribution is 5.85. The van der Waals surface area contributed by atoms with Gasteiger partial charge in [0.25, 0.3) is 0 Å². The smallest absolute Gasteiger partial charge is 0.0223 e. The van der Waals surface area contributed by atoms with Gasteiger partial charge in [-0.2, -0.15) is 0 Å². The summed E-state index contributed by atoms with van der Waals surface area (Å²) >= 11 is 0. The van der Waals surface area contributed by atoms with Crippen molar-refractivity contribution in [3.8, 4) is 0 Å². The van der Waals surface area contributed by atoms with E-state index in [4.69, 9.17) is 5.73 Å². The highest BCUT2D eigenvalue weighted by atomic mass is 35.5. The average Bonchev–Trinajstić information content (AvgIpc) is 2.00. The number of nitrogens with zero attached hydrogens (tertiary/aromatic N) is 1. The second-order valence-electron chi connectivity index (χ2n) is 3.69. The Morgan fingerprint density at radius 3 is 1.92 bits per heavy atom. The molecule has 0 aromatic heterocycles. The van der Waals surface area contributed by atoms with Crippen molar-refractivity contribution in [2.24, 2.45) is 11.7 Å². The molecule has 2 bridgehead atoms. The van der Waals surface area contributed by atoms with E-state index in [0.29, 0.717) is 12.1 Å². The van der Waals surface area contributed by atoms with Crippen molar-refractivity contribution in [3.05, 3.63) is 0 Å². The van der Waals surface area contributed by atoms with E-state index in [9.17, 15) is 0 Å². The fourth-order valence-corrected chi connectivity index (χ4v) is 2.35. The number of fused-ring (bicyclic) bond motifs is 3. The summed E-state index contributed by atoms with van der Waals surface area (Å²) in [4.78, 5) is 2.52. The van der Waals surface area contributed by atoms with Crippen LogP contribution in [0.4, 0.5) is 0 Å². The van der Waals surface area contributed by atoms with E-state index in [1.807, 2.05) is 0 Å². The molecule has 3 fully saturated rings. The number of nitrogens with two attached hydrogens (primary N) is 1. The van der Waals surface area contributed by atoms with Crippen LogP contribution in [0.5, 0.6) is 0 Å². The van der Waals surface area contributed by atoms with E-state index in [1.165, 1.54) is 25.9 Å². The molecule has 0 aromatic rings. The number of piperidine rings is 3. The van der Waals surface area contributed by atoms with Gasteiger partial charge in [-0.1, -0.05) is 0 Å². The molecule has 0 unspecified atom stereocenters. The first-order valence-electron chi connectivity index (χ1n) is 4.28. The maximum absolute atomic E-state index is 6.02. The maximum atomic E-state index is 6.02. The Bertz CT molecular complexity index is 115. The molecule has 4 heteroatoms. The topological polar surface area (TPSA) is 29.3 Å². The standard InChI is InChI=1S/C8H16N2.2ClH/c1-6-8(9)7-2-4-10(6)5-3-7;;/h6-8H,2-5,9H2,1H3;2*1H/t6-,8-;;/m0../s1. The Kier molecular flexibility index (Phi) is 4.85. The third kappa shape index (κ3) is 1.87. The molecule has 0 aromatic carbocycles. The normalized spacial score (nSPS) is 44.5. The monoisotopic (exact) mass is 212 g/mol. The minimum Gasteiger partial charge on any atom is -0.326 e. The van der Waals surface area contributed by atoms with Crippen molar-refractivity contribution in [2.75, 3.05) is 13.1 Å². The highest BCUT2D eigenvalue weighted by Crippen LogP contribution is 2.30. The summed E-state index contributed by atoms with van der Waals surface area (Å²) in [6.45, 7) is 4.84. The molecule has 74 valence electrons. The summed E-state index contributed by atoms with van der Waals surface area (Å²) < 4.78 is 0. The fourth-order valence-electron chi connectivity index (χ4n) is 2.35. The van der Waals surface area contributed by atoms with Crippen molar-refractivity contribution in [1.29, 1.82) is 0 Å². The summed E-state index contributed by atoms with van der Waals surface area (Å²) in [5.41, 5.74) is 6.02. The Labute approximate surface area is 86.7 Å². The third-order valence-electron chi connectivity index (χ3n) is 3.25. The molecule has 12 heavy (non-hydrogen) atoms. The molecule has 3 heterocycles. The number of rotatable bonds is 0. The lowest BCUT2D eigenvalue weighted by molar-refractivity contribution is 0.0380. The van der Waals surface area contributed by atoms with Gasteiger partial charge in [0.15, 0.2) is 0 Å². The van der Waals surface area contributed by atoms with Crippen LogP contribution in [0.25, 0.3) is 0 Å². The lowest BCUT2D eigenvalue weighted by Gasteiger charge is -2.48. The van der Waals surface area contributed by atoms with Gasteiger partial charge in [0.05, 0.1) is 0 Å². The molecule has 0 aliphatic carbocycles. The second kappa shape index (κ2) is 4.66. The first-order valence-corrected chi connectivity index (χ1v) is 4.28. The Balaban J connectivity index is 0.000000605. The van der Waals surface area contributed by atoms with Gasteiger partial charge >= 0.3 is 0 Å². The molecule has 3 aliphatic rings. The summed E-state index contributed by atoms with van der Waals surface area (Å²) in [5.74, 6) is 0.833. The summed E-state index contributed by atoms with van der Waals surface area (Å²) in [6, 6.07) is 1.11. The van der Waals surface area contributed by atoms with Crippen LogP contribution >= 0.6 is 24.8 Å². The lowest BCUT2D eigenvalue weighted by Crippen LogP contribution is -2.59. The van der Waals surface area contributed by atoms with Gasteiger partial charge in [-0.25, -0.2) is 0 Å².